The van der Waals surface area contributed by atoms with Gasteiger partial charge in [0.1, 0.15) is 5.69 Å². The number of piperidine rings is 1. The summed E-state index contributed by atoms with van der Waals surface area (Å²) in [6.07, 6.45) is 6.83. The maximum atomic E-state index is 12.6. The molecular weight excluding hydrogens is 264 g/mol. The van der Waals surface area contributed by atoms with Crippen LogP contribution in [0.4, 0.5) is 0 Å². The molecule has 116 valence electrons. The van der Waals surface area contributed by atoms with Crippen LogP contribution in [0.2, 0.25) is 0 Å². The molecular formula is C17H26N2O2. The van der Waals surface area contributed by atoms with Crippen molar-refractivity contribution in [2.24, 2.45) is 12.5 Å². The molecule has 4 heteroatoms. The first-order valence-electron chi connectivity index (χ1n) is 7.62. The normalized spacial score (nSPS) is 22.2. The van der Waals surface area contributed by atoms with Gasteiger partial charge in [-0.3, -0.25) is 4.79 Å². The smallest absolute Gasteiger partial charge is 0.270 e. The zero-order valence-corrected chi connectivity index (χ0v) is 13.3. The van der Waals surface area contributed by atoms with Crippen molar-refractivity contribution in [1.82, 2.24) is 9.47 Å². The first-order valence-corrected chi connectivity index (χ1v) is 7.62. The standard InChI is InChI=1S/C17H26N2O2/c1-14(2)7-9-17(13-20)8-5-11-19(12-17)16(21)15-6-4-10-18(15)3/h4,6-7,10,20H,5,8-9,11-13H2,1-3H3/t17-/m1/s1. The number of nitrogens with zero attached hydrogens (tertiary/aromatic N) is 2. The van der Waals surface area contributed by atoms with Crippen molar-refractivity contribution >= 4 is 5.91 Å². The Morgan fingerprint density at radius 1 is 1.48 bits per heavy atom. The van der Waals surface area contributed by atoms with Gasteiger partial charge in [0.2, 0.25) is 0 Å². The third-order valence-corrected chi connectivity index (χ3v) is 4.39. The zero-order chi connectivity index (χ0) is 15.5. The molecule has 0 bridgehead atoms. The Balaban J connectivity index is 2.14. The van der Waals surface area contributed by atoms with Gasteiger partial charge in [-0.05, 0) is 45.2 Å². The highest BCUT2D eigenvalue weighted by Crippen LogP contribution is 2.34. The third-order valence-electron chi connectivity index (χ3n) is 4.39. The van der Waals surface area contributed by atoms with Gasteiger partial charge >= 0.3 is 0 Å². The second-order valence-corrected chi connectivity index (χ2v) is 6.48. The largest absolute Gasteiger partial charge is 0.396 e. The molecule has 1 aliphatic heterocycles. The van der Waals surface area contributed by atoms with Gasteiger partial charge in [-0.15, -0.1) is 0 Å². The Kier molecular flexibility index (Phi) is 4.88. The van der Waals surface area contributed by atoms with Crippen LogP contribution < -0.4 is 0 Å². The Morgan fingerprint density at radius 3 is 2.81 bits per heavy atom. The lowest BCUT2D eigenvalue weighted by Gasteiger charge is -2.41. The molecule has 0 unspecified atom stereocenters. The molecule has 0 aliphatic carbocycles. The number of amides is 1. The summed E-state index contributed by atoms with van der Waals surface area (Å²) in [7, 11) is 1.89. The van der Waals surface area contributed by atoms with Gasteiger partial charge in [0.15, 0.2) is 0 Å². The van der Waals surface area contributed by atoms with Crippen LogP contribution in [0.5, 0.6) is 0 Å². The fourth-order valence-corrected chi connectivity index (χ4v) is 3.01. The molecule has 1 amide bonds. The number of rotatable bonds is 4. The zero-order valence-electron chi connectivity index (χ0n) is 13.3. The van der Waals surface area contributed by atoms with Crippen molar-refractivity contribution in [3.63, 3.8) is 0 Å². The van der Waals surface area contributed by atoms with Crippen LogP contribution in [0.3, 0.4) is 0 Å². The minimum absolute atomic E-state index is 0.0669. The van der Waals surface area contributed by atoms with E-state index in [-0.39, 0.29) is 17.9 Å². The van der Waals surface area contributed by atoms with Gasteiger partial charge in [-0.2, -0.15) is 0 Å². The summed E-state index contributed by atoms with van der Waals surface area (Å²) < 4.78 is 1.85. The Morgan fingerprint density at radius 2 is 2.24 bits per heavy atom. The van der Waals surface area contributed by atoms with Crippen LogP contribution in [-0.2, 0) is 7.05 Å². The monoisotopic (exact) mass is 290 g/mol. The number of hydrogen-bond donors (Lipinski definition) is 1. The summed E-state index contributed by atoms with van der Waals surface area (Å²) in [5.74, 6) is 0.0669. The van der Waals surface area contributed by atoms with E-state index in [1.807, 2.05) is 34.8 Å². The minimum atomic E-state index is -0.184. The van der Waals surface area contributed by atoms with Gasteiger partial charge in [-0.25, -0.2) is 0 Å². The first kappa shape index (κ1) is 15.8. The summed E-state index contributed by atoms with van der Waals surface area (Å²) in [6.45, 7) is 5.69. The highest BCUT2D eigenvalue weighted by molar-refractivity contribution is 5.92. The van der Waals surface area contributed by atoms with Gasteiger partial charge in [0.25, 0.3) is 5.91 Å². The molecule has 0 spiro atoms. The number of aryl methyl sites for hydroxylation is 1. The molecule has 1 saturated heterocycles. The summed E-state index contributed by atoms with van der Waals surface area (Å²) in [4.78, 5) is 14.5. The molecule has 2 heterocycles. The minimum Gasteiger partial charge on any atom is -0.396 e. The molecule has 4 nitrogen and oxygen atoms in total. The average Bonchev–Trinajstić information content (AvgIpc) is 2.91. The Bertz CT molecular complexity index is 529. The van der Waals surface area contributed by atoms with Crippen LogP contribution >= 0.6 is 0 Å². The van der Waals surface area contributed by atoms with Crippen LogP contribution in [0.1, 0.15) is 43.6 Å². The summed E-state index contributed by atoms with van der Waals surface area (Å²) in [5.41, 5.74) is 1.79. The van der Waals surface area contributed by atoms with Gasteiger partial charge in [0.05, 0.1) is 6.61 Å². The molecule has 1 atom stereocenters. The van der Waals surface area contributed by atoms with E-state index < -0.39 is 0 Å². The van der Waals surface area contributed by atoms with Crippen LogP contribution in [0, 0.1) is 5.41 Å². The molecule has 1 aromatic rings. The molecule has 2 rings (SSSR count). The van der Waals surface area contributed by atoms with Crippen LogP contribution in [0.15, 0.2) is 30.0 Å². The predicted octanol–water partition coefficient (Wildman–Crippen LogP) is 2.60. The average molecular weight is 290 g/mol. The fourth-order valence-electron chi connectivity index (χ4n) is 3.01. The van der Waals surface area contributed by atoms with E-state index in [0.717, 1.165) is 25.8 Å². The lowest BCUT2D eigenvalue weighted by molar-refractivity contribution is 0.0278. The Labute approximate surface area is 127 Å². The highest BCUT2D eigenvalue weighted by atomic mass is 16.3. The van der Waals surface area contributed by atoms with Gasteiger partial charge in [-0.1, -0.05) is 11.6 Å². The number of hydrogen-bond acceptors (Lipinski definition) is 2. The van der Waals surface area contributed by atoms with E-state index >= 15 is 0 Å². The van der Waals surface area contributed by atoms with E-state index in [9.17, 15) is 9.90 Å². The molecule has 1 aliphatic rings. The van der Waals surface area contributed by atoms with Crippen molar-refractivity contribution in [2.45, 2.75) is 33.1 Å². The van der Waals surface area contributed by atoms with Crippen molar-refractivity contribution in [3.05, 3.63) is 35.7 Å². The second-order valence-electron chi connectivity index (χ2n) is 6.48. The molecule has 0 radical (unpaired) electrons. The van der Waals surface area contributed by atoms with Crippen molar-refractivity contribution in [1.29, 1.82) is 0 Å². The first-order chi connectivity index (χ1) is 9.97. The predicted molar refractivity (Wildman–Crippen MR) is 84.1 cm³/mol. The Hall–Kier alpha value is -1.55. The number of likely N-dealkylation sites (tertiary alicyclic amines) is 1. The number of carbonyl (C=O) groups is 1. The van der Waals surface area contributed by atoms with Gasteiger partial charge < -0.3 is 14.6 Å². The molecule has 1 N–H and O–H groups in total. The van der Waals surface area contributed by atoms with Crippen LogP contribution in [-0.4, -0.2) is 40.2 Å². The quantitative estimate of drug-likeness (QED) is 0.866. The topological polar surface area (TPSA) is 45.5 Å². The summed E-state index contributed by atoms with van der Waals surface area (Å²) in [5, 5.41) is 9.87. The third kappa shape index (κ3) is 3.56. The number of aliphatic hydroxyl groups excluding tert-OH is 1. The molecule has 1 fully saturated rings. The number of carbonyl (C=O) groups excluding carboxylic acids is 1. The molecule has 0 aromatic carbocycles. The number of aliphatic hydroxyl groups is 1. The van der Waals surface area contributed by atoms with Crippen molar-refractivity contribution in [3.8, 4) is 0 Å². The van der Waals surface area contributed by atoms with Gasteiger partial charge in [0, 0.05) is 31.7 Å². The maximum Gasteiger partial charge on any atom is 0.270 e. The summed E-state index contributed by atoms with van der Waals surface area (Å²) >= 11 is 0. The molecule has 0 saturated carbocycles. The fraction of sp³-hybridized carbons (Fsp3) is 0.588. The second kappa shape index (κ2) is 6.48. The van der Waals surface area contributed by atoms with E-state index in [4.69, 9.17) is 0 Å². The maximum absolute atomic E-state index is 12.6. The lowest BCUT2D eigenvalue weighted by atomic mass is 9.77. The SMILES string of the molecule is CC(C)=CC[C@]1(CO)CCCN(C(=O)c2cccn2C)C1. The van der Waals surface area contributed by atoms with E-state index in [0.29, 0.717) is 12.2 Å². The molecule has 1 aromatic heterocycles. The highest BCUT2D eigenvalue weighted by Gasteiger charge is 2.36. The van der Waals surface area contributed by atoms with E-state index in [1.54, 1.807) is 0 Å². The van der Waals surface area contributed by atoms with Crippen LogP contribution in [0.25, 0.3) is 0 Å². The number of allylic oxidation sites excluding steroid dienone is 2. The number of aromatic nitrogens is 1. The van der Waals surface area contributed by atoms with E-state index in [2.05, 4.69) is 19.9 Å². The molecule has 21 heavy (non-hydrogen) atoms. The van der Waals surface area contributed by atoms with Crippen molar-refractivity contribution in [2.75, 3.05) is 19.7 Å². The van der Waals surface area contributed by atoms with Crippen molar-refractivity contribution < 1.29 is 9.90 Å². The van der Waals surface area contributed by atoms with E-state index in [1.165, 1.54) is 5.57 Å². The lowest BCUT2D eigenvalue weighted by Crippen LogP contribution is -2.48. The summed E-state index contributed by atoms with van der Waals surface area (Å²) in [6, 6.07) is 3.74.